The van der Waals surface area contributed by atoms with Crippen molar-refractivity contribution in [2.75, 3.05) is 18.5 Å². The molecule has 0 saturated carbocycles. The zero-order valence-electron chi connectivity index (χ0n) is 12.0. The molecule has 1 aliphatic rings. The summed E-state index contributed by atoms with van der Waals surface area (Å²) in [5.74, 6) is 0.0573. The van der Waals surface area contributed by atoms with Crippen LogP contribution in [0, 0.1) is 6.92 Å². The largest absolute Gasteiger partial charge is 0.389 e. The van der Waals surface area contributed by atoms with E-state index in [1.807, 2.05) is 25.1 Å². The van der Waals surface area contributed by atoms with Crippen molar-refractivity contribution in [3.63, 3.8) is 0 Å². The van der Waals surface area contributed by atoms with E-state index < -0.39 is 0 Å². The minimum Gasteiger partial charge on any atom is -0.389 e. The van der Waals surface area contributed by atoms with Crippen LogP contribution in [-0.4, -0.2) is 30.5 Å². The summed E-state index contributed by atoms with van der Waals surface area (Å²) in [6, 6.07) is 5.78. The first-order valence-electron chi connectivity index (χ1n) is 6.94. The Labute approximate surface area is 125 Å². The highest BCUT2D eigenvalue weighted by Crippen LogP contribution is 2.31. The fourth-order valence-electron chi connectivity index (χ4n) is 2.88. The SMILES string of the molecule is CNC(=O)C1CCCCN1c1c(C)cccc1C(N)=S. The molecular formula is C15H21N3OS. The zero-order chi connectivity index (χ0) is 14.7. The highest BCUT2D eigenvalue weighted by atomic mass is 32.1. The van der Waals surface area contributed by atoms with Crippen molar-refractivity contribution in [2.24, 2.45) is 5.73 Å². The second kappa shape index (κ2) is 6.22. The monoisotopic (exact) mass is 291 g/mol. The Morgan fingerprint density at radius 3 is 2.85 bits per heavy atom. The third-order valence-electron chi connectivity index (χ3n) is 3.84. The summed E-state index contributed by atoms with van der Waals surface area (Å²) >= 11 is 5.16. The number of aryl methyl sites for hydroxylation is 1. The van der Waals surface area contributed by atoms with Gasteiger partial charge in [0.1, 0.15) is 11.0 Å². The smallest absolute Gasteiger partial charge is 0.242 e. The fourth-order valence-corrected chi connectivity index (χ4v) is 3.04. The lowest BCUT2D eigenvalue weighted by molar-refractivity contribution is -0.122. The highest BCUT2D eigenvalue weighted by Gasteiger charge is 2.30. The van der Waals surface area contributed by atoms with Crippen LogP contribution >= 0.6 is 12.2 Å². The number of hydrogen-bond acceptors (Lipinski definition) is 3. The van der Waals surface area contributed by atoms with Gasteiger partial charge in [0.05, 0.1) is 5.69 Å². The Balaban J connectivity index is 2.47. The molecule has 108 valence electrons. The molecule has 1 fully saturated rings. The van der Waals surface area contributed by atoms with Gasteiger partial charge in [0.15, 0.2) is 0 Å². The van der Waals surface area contributed by atoms with Gasteiger partial charge in [0.25, 0.3) is 0 Å². The van der Waals surface area contributed by atoms with E-state index in [0.29, 0.717) is 4.99 Å². The number of rotatable bonds is 3. The van der Waals surface area contributed by atoms with Crippen molar-refractivity contribution in [1.82, 2.24) is 5.32 Å². The number of benzene rings is 1. The van der Waals surface area contributed by atoms with E-state index in [4.69, 9.17) is 18.0 Å². The summed E-state index contributed by atoms with van der Waals surface area (Å²) in [5.41, 5.74) is 8.82. The van der Waals surface area contributed by atoms with Gasteiger partial charge in [-0.25, -0.2) is 0 Å². The highest BCUT2D eigenvalue weighted by molar-refractivity contribution is 7.80. The topological polar surface area (TPSA) is 58.4 Å². The molecule has 1 heterocycles. The van der Waals surface area contributed by atoms with Gasteiger partial charge in [-0.2, -0.15) is 0 Å². The maximum absolute atomic E-state index is 12.1. The Morgan fingerprint density at radius 2 is 2.20 bits per heavy atom. The molecule has 1 saturated heterocycles. The maximum atomic E-state index is 12.1. The molecule has 1 atom stereocenters. The number of nitrogens with zero attached hydrogens (tertiary/aromatic N) is 1. The van der Waals surface area contributed by atoms with Gasteiger partial charge in [-0.15, -0.1) is 0 Å². The molecule has 5 heteroatoms. The standard InChI is InChI=1S/C15H21N3OS/c1-10-6-5-7-11(14(16)20)13(10)18-9-4-3-8-12(18)15(19)17-2/h5-7,12H,3-4,8-9H2,1-2H3,(H2,16,20)(H,17,19). The van der Waals surface area contributed by atoms with Gasteiger partial charge in [0, 0.05) is 19.2 Å². The molecule has 4 nitrogen and oxygen atoms in total. The summed E-state index contributed by atoms with van der Waals surface area (Å²) < 4.78 is 0. The molecule has 2 rings (SSSR count). The Morgan fingerprint density at radius 1 is 1.45 bits per heavy atom. The fraction of sp³-hybridized carbons (Fsp3) is 0.467. The second-order valence-corrected chi connectivity index (χ2v) is 5.59. The van der Waals surface area contributed by atoms with Gasteiger partial charge in [-0.1, -0.05) is 24.4 Å². The third kappa shape index (κ3) is 2.77. The normalized spacial score (nSPS) is 18.7. The summed E-state index contributed by atoms with van der Waals surface area (Å²) in [4.78, 5) is 14.7. The van der Waals surface area contributed by atoms with Gasteiger partial charge in [0.2, 0.25) is 5.91 Å². The van der Waals surface area contributed by atoms with E-state index in [-0.39, 0.29) is 11.9 Å². The first-order chi connectivity index (χ1) is 9.56. The van der Waals surface area contributed by atoms with Crippen LogP contribution in [0.1, 0.15) is 30.4 Å². The number of para-hydroxylation sites is 1. The molecule has 1 aromatic rings. The lowest BCUT2D eigenvalue weighted by atomic mass is 9.97. The van der Waals surface area contributed by atoms with E-state index in [1.54, 1.807) is 7.05 Å². The molecule has 0 aliphatic carbocycles. The third-order valence-corrected chi connectivity index (χ3v) is 4.06. The van der Waals surface area contributed by atoms with E-state index >= 15 is 0 Å². The van der Waals surface area contributed by atoms with Crippen molar-refractivity contribution >= 4 is 28.8 Å². The Kier molecular flexibility index (Phi) is 4.60. The minimum absolute atomic E-state index is 0.0573. The van der Waals surface area contributed by atoms with Crippen LogP contribution in [0.3, 0.4) is 0 Å². The number of nitrogens with one attached hydrogen (secondary N) is 1. The quantitative estimate of drug-likeness (QED) is 0.833. The maximum Gasteiger partial charge on any atom is 0.242 e. The molecule has 20 heavy (non-hydrogen) atoms. The molecular weight excluding hydrogens is 270 g/mol. The average Bonchev–Trinajstić information content (AvgIpc) is 2.46. The van der Waals surface area contributed by atoms with Gasteiger partial charge < -0.3 is 16.0 Å². The van der Waals surface area contributed by atoms with Crippen LogP contribution in [0.15, 0.2) is 18.2 Å². The number of likely N-dealkylation sites (N-methyl/N-ethyl adjacent to an activating group) is 1. The molecule has 0 spiro atoms. The number of nitrogens with two attached hydrogens (primary N) is 1. The number of piperidine rings is 1. The lowest BCUT2D eigenvalue weighted by Crippen LogP contribution is -2.49. The predicted molar refractivity (Wildman–Crippen MR) is 86.1 cm³/mol. The van der Waals surface area contributed by atoms with E-state index in [0.717, 1.165) is 42.6 Å². The lowest BCUT2D eigenvalue weighted by Gasteiger charge is -2.38. The molecule has 1 amide bonds. The molecule has 1 unspecified atom stereocenters. The number of amides is 1. The molecule has 1 aliphatic heterocycles. The van der Waals surface area contributed by atoms with Crippen LogP contribution in [0.4, 0.5) is 5.69 Å². The van der Waals surface area contributed by atoms with Crippen LogP contribution in [0.25, 0.3) is 0 Å². The first-order valence-corrected chi connectivity index (χ1v) is 7.34. The van der Waals surface area contributed by atoms with E-state index in [2.05, 4.69) is 10.2 Å². The molecule has 0 aromatic heterocycles. The zero-order valence-corrected chi connectivity index (χ0v) is 12.8. The number of hydrogen-bond donors (Lipinski definition) is 2. The number of anilines is 1. The van der Waals surface area contributed by atoms with Crippen molar-refractivity contribution in [2.45, 2.75) is 32.2 Å². The number of thiocarbonyl (C=S) groups is 1. The van der Waals surface area contributed by atoms with Crippen LogP contribution < -0.4 is 16.0 Å². The van der Waals surface area contributed by atoms with Crippen LogP contribution in [0.2, 0.25) is 0 Å². The van der Waals surface area contributed by atoms with Gasteiger partial charge in [-0.05, 0) is 37.8 Å². The van der Waals surface area contributed by atoms with Crippen LogP contribution in [-0.2, 0) is 4.79 Å². The molecule has 3 N–H and O–H groups in total. The van der Waals surface area contributed by atoms with E-state index in [9.17, 15) is 4.79 Å². The molecule has 0 bridgehead atoms. The van der Waals surface area contributed by atoms with Crippen LogP contribution in [0.5, 0.6) is 0 Å². The Bertz CT molecular complexity index is 530. The minimum atomic E-state index is -0.136. The van der Waals surface area contributed by atoms with Crippen molar-refractivity contribution in [1.29, 1.82) is 0 Å². The average molecular weight is 291 g/mol. The summed E-state index contributed by atoms with van der Waals surface area (Å²) in [6.07, 6.45) is 3.02. The summed E-state index contributed by atoms with van der Waals surface area (Å²) in [7, 11) is 1.68. The Hall–Kier alpha value is -1.62. The summed E-state index contributed by atoms with van der Waals surface area (Å²) in [6.45, 7) is 2.89. The van der Waals surface area contributed by atoms with Gasteiger partial charge >= 0.3 is 0 Å². The van der Waals surface area contributed by atoms with Crippen molar-refractivity contribution in [3.8, 4) is 0 Å². The summed E-state index contributed by atoms with van der Waals surface area (Å²) in [5, 5.41) is 2.76. The van der Waals surface area contributed by atoms with E-state index in [1.165, 1.54) is 0 Å². The van der Waals surface area contributed by atoms with Gasteiger partial charge in [-0.3, -0.25) is 4.79 Å². The van der Waals surface area contributed by atoms with Crippen molar-refractivity contribution < 1.29 is 4.79 Å². The second-order valence-electron chi connectivity index (χ2n) is 5.15. The predicted octanol–water partition coefficient (Wildman–Crippen LogP) is 1.73. The van der Waals surface area contributed by atoms with Crippen molar-refractivity contribution in [3.05, 3.63) is 29.3 Å². The number of carbonyl (C=O) groups excluding carboxylic acids is 1. The molecule has 1 aromatic carbocycles. The first kappa shape index (κ1) is 14.8. The number of carbonyl (C=O) groups is 1. The molecule has 0 radical (unpaired) electrons.